The van der Waals surface area contributed by atoms with E-state index in [0.29, 0.717) is 23.0 Å². The number of carbonyl (C=O) groups is 2. The lowest BCUT2D eigenvalue weighted by Gasteiger charge is -2.17. The Morgan fingerprint density at radius 2 is 2.15 bits per heavy atom. The molecule has 6 heteroatoms. The number of likely N-dealkylation sites (N-methyl/N-ethyl adjacent to an activating group) is 1. The molecule has 0 atom stereocenters. The first-order valence-corrected chi connectivity index (χ1v) is 6.49. The topological polar surface area (TPSA) is 84.7 Å². The van der Waals surface area contributed by atoms with Crippen LogP contribution in [0.15, 0.2) is 18.2 Å². The van der Waals surface area contributed by atoms with Gasteiger partial charge in [-0.25, -0.2) is 0 Å². The average Bonchev–Trinajstić information content (AvgIpc) is 3.22. The first kappa shape index (κ1) is 14.2. The van der Waals surface area contributed by atoms with Gasteiger partial charge < -0.3 is 20.7 Å². The Morgan fingerprint density at radius 1 is 1.45 bits per heavy atom. The third-order valence-electron chi connectivity index (χ3n) is 3.15. The molecule has 108 valence electrons. The maximum absolute atomic E-state index is 12.2. The van der Waals surface area contributed by atoms with E-state index in [1.165, 1.54) is 12.0 Å². The van der Waals surface area contributed by atoms with Gasteiger partial charge in [-0.1, -0.05) is 0 Å². The summed E-state index contributed by atoms with van der Waals surface area (Å²) in [5, 5.41) is 2.85. The van der Waals surface area contributed by atoms with E-state index in [1.807, 2.05) is 0 Å². The van der Waals surface area contributed by atoms with E-state index in [-0.39, 0.29) is 18.4 Å². The number of methoxy groups -OCH3 is 1. The SMILES string of the molecule is COc1cc(C(=O)N(C)CC(=O)NC2CC2)ccc1N. The molecule has 0 aliphatic heterocycles. The summed E-state index contributed by atoms with van der Waals surface area (Å²) in [6, 6.07) is 5.11. The number of nitrogen functional groups attached to an aromatic ring is 1. The molecule has 0 aromatic heterocycles. The van der Waals surface area contributed by atoms with Gasteiger partial charge in [0, 0.05) is 18.7 Å². The summed E-state index contributed by atoms with van der Waals surface area (Å²) in [5.41, 5.74) is 6.62. The molecule has 1 aliphatic carbocycles. The summed E-state index contributed by atoms with van der Waals surface area (Å²) in [4.78, 5) is 25.3. The molecule has 0 radical (unpaired) electrons. The van der Waals surface area contributed by atoms with Crippen molar-refractivity contribution in [3.63, 3.8) is 0 Å². The minimum Gasteiger partial charge on any atom is -0.495 e. The minimum atomic E-state index is -0.241. The predicted octanol–water partition coefficient (Wildman–Crippen LogP) is 0.628. The van der Waals surface area contributed by atoms with Crippen molar-refractivity contribution in [3.05, 3.63) is 23.8 Å². The molecule has 3 N–H and O–H groups in total. The third kappa shape index (κ3) is 3.40. The summed E-state index contributed by atoms with van der Waals surface area (Å²) in [7, 11) is 3.09. The standard InChI is InChI=1S/C14H19N3O3/c1-17(8-13(18)16-10-4-5-10)14(19)9-3-6-11(15)12(7-9)20-2/h3,6-7,10H,4-5,8,15H2,1-2H3,(H,16,18). The monoisotopic (exact) mass is 277 g/mol. The number of hydrogen-bond acceptors (Lipinski definition) is 4. The number of carbonyl (C=O) groups excluding carboxylic acids is 2. The summed E-state index contributed by atoms with van der Waals surface area (Å²) in [5.74, 6) is 0.0756. The number of nitrogens with zero attached hydrogens (tertiary/aromatic N) is 1. The van der Waals surface area contributed by atoms with Gasteiger partial charge >= 0.3 is 0 Å². The lowest BCUT2D eigenvalue weighted by molar-refractivity contribution is -0.121. The lowest BCUT2D eigenvalue weighted by Crippen LogP contribution is -2.39. The summed E-state index contributed by atoms with van der Waals surface area (Å²) in [6.07, 6.45) is 2.05. The molecule has 20 heavy (non-hydrogen) atoms. The molecule has 1 fully saturated rings. The highest BCUT2D eigenvalue weighted by Crippen LogP contribution is 2.23. The van der Waals surface area contributed by atoms with E-state index in [1.54, 1.807) is 25.2 Å². The Hall–Kier alpha value is -2.24. The molecule has 0 heterocycles. The van der Waals surface area contributed by atoms with Gasteiger partial charge in [-0.15, -0.1) is 0 Å². The van der Waals surface area contributed by atoms with Crippen LogP contribution in [0.1, 0.15) is 23.2 Å². The molecule has 2 amide bonds. The molecule has 6 nitrogen and oxygen atoms in total. The number of rotatable bonds is 5. The van der Waals surface area contributed by atoms with Crippen LogP contribution in [0.2, 0.25) is 0 Å². The van der Waals surface area contributed by atoms with E-state index >= 15 is 0 Å². The van der Waals surface area contributed by atoms with Gasteiger partial charge in [0.05, 0.1) is 19.3 Å². The average molecular weight is 277 g/mol. The predicted molar refractivity (Wildman–Crippen MR) is 75.5 cm³/mol. The molecule has 0 unspecified atom stereocenters. The van der Waals surface area contributed by atoms with Crippen molar-refractivity contribution in [2.75, 3.05) is 26.4 Å². The summed E-state index contributed by atoms with van der Waals surface area (Å²) >= 11 is 0. The van der Waals surface area contributed by atoms with Gasteiger partial charge in [0.2, 0.25) is 5.91 Å². The second-order valence-electron chi connectivity index (χ2n) is 4.96. The fraction of sp³-hybridized carbons (Fsp3) is 0.429. The molecule has 0 saturated heterocycles. The van der Waals surface area contributed by atoms with Crippen LogP contribution in [0.25, 0.3) is 0 Å². The second-order valence-corrected chi connectivity index (χ2v) is 4.96. The zero-order valence-corrected chi connectivity index (χ0v) is 11.7. The summed E-state index contributed by atoms with van der Waals surface area (Å²) in [6.45, 7) is 0.0437. The molecular weight excluding hydrogens is 258 g/mol. The zero-order valence-electron chi connectivity index (χ0n) is 11.7. The number of hydrogen-bond donors (Lipinski definition) is 2. The third-order valence-corrected chi connectivity index (χ3v) is 3.15. The van der Waals surface area contributed by atoms with Crippen molar-refractivity contribution in [1.82, 2.24) is 10.2 Å². The quantitative estimate of drug-likeness (QED) is 0.773. The van der Waals surface area contributed by atoms with E-state index in [9.17, 15) is 9.59 Å². The van der Waals surface area contributed by atoms with Crippen LogP contribution in [0.4, 0.5) is 5.69 Å². The Morgan fingerprint density at radius 3 is 2.75 bits per heavy atom. The van der Waals surface area contributed by atoms with Gasteiger partial charge in [-0.05, 0) is 31.0 Å². The van der Waals surface area contributed by atoms with E-state index in [4.69, 9.17) is 10.5 Å². The Bertz CT molecular complexity index is 526. The zero-order chi connectivity index (χ0) is 14.7. The van der Waals surface area contributed by atoms with Crippen molar-refractivity contribution in [1.29, 1.82) is 0 Å². The molecule has 0 spiro atoms. The highest BCUT2D eigenvalue weighted by Gasteiger charge is 2.24. The van der Waals surface area contributed by atoms with Crippen molar-refractivity contribution in [2.24, 2.45) is 0 Å². The normalized spacial score (nSPS) is 13.7. The molecule has 0 bridgehead atoms. The highest BCUT2D eigenvalue weighted by atomic mass is 16.5. The molecular formula is C14H19N3O3. The van der Waals surface area contributed by atoms with Gasteiger partial charge in [-0.3, -0.25) is 9.59 Å². The van der Waals surface area contributed by atoms with E-state index in [0.717, 1.165) is 12.8 Å². The van der Waals surface area contributed by atoms with Crippen LogP contribution < -0.4 is 15.8 Å². The van der Waals surface area contributed by atoms with Crippen LogP contribution in [-0.2, 0) is 4.79 Å². The Labute approximate surface area is 117 Å². The number of anilines is 1. The summed E-state index contributed by atoms with van der Waals surface area (Å²) < 4.78 is 5.08. The molecule has 1 aromatic rings. The Balaban J connectivity index is 1.99. The largest absolute Gasteiger partial charge is 0.495 e. The number of nitrogens with one attached hydrogen (secondary N) is 1. The number of nitrogens with two attached hydrogens (primary N) is 1. The van der Waals surface area contributed by atoms with E-state index in [2.05, 4.69) is 5.32 Å². The fourth-order valence-electron chi connectivity index (χ4n) is 1.85. The maximum Gasteiger partial charge on any atom is 0.254 e. The molecule has 2 rings (SSSR count). The van der Waals surface area contributed by atoms with Crippen LogP contribution >= 0.6 is 0 Å². The molecule has 1 aromatic carbocycles. The first-order chi connectivity index (χ1) is 9.51. The highest BCUT2D eigenvalue weighted by molar-refractivity contribution is 5.97. The van der Waals surface area contributed by atoms with Gasteiger partial charge in [0.1, 0.15) is 5.75 Å². The van der Waals surface area contributed by atoms with Crippen LogP contribution in [-0.4, -0.2) is 43.5 Å². The molecule has 1 saturated carbocycles. The van der Waals surface area contributed by atoms with Crippen LogP contribution in [0, 0.1) is 0 Å². The number of amides is 2. The van der Waals surface area contributed by atoms with Crippen LogP contribution in [0.3, 0.4) is 0 Å². The minimum absolute atomic E-state index is 0.0437. The van der Waals surface area contributed by atoms with Gasteiger partial charge in [-0.2, -0.15) is 0 Å². The first-order valence-electron chi connectivity index (χ1n) is 6.49. The lowest BCUT2D eigenvalue weighted by atomic mass is 10.1. The van der Waals surface area contributed by atoms with Gasteiger partial charge in [0.15, 0.2) is 0 Å². The fourth-order valence-corrected chi connectivity index (χ4v) is 1.85. The van der Waals surface area contributed by atoms with Crippen molar-refractivity contribution in [2.45, 2.75) is 18.9 Å². The van der Waals surface area contributed by atoms with E-state index < -0.39 is 0 Å². The van der Waals surface area contributed by atoms with Gasteiger partial charge in [0.25, 0.3) is 5.91 Å². The van der Waals surface area contributed by atoms with Crippen molar-refractivity contribution >= 4 is 17.5 Å². The smallest absolute Gasteiger partial charge is 0.254 e. The van der Waals surface area contributed by atoms with Crippen molar-refractivity contribution in [3.8, 4) is 5.75 Å². The maximum atomic E-state index is 12.2. The second kappa shape index (κ2) is 5.81. The number of benzene rings is 1. The number of ether oxygens (including phenoxy) is 1. The van der Waals surface area contributed by atoms with Crippen molar-refractivity contribution < 1.29 is 14.3 Å². The molecule has 1 aliphatic rings. The van der Waals surface area contributed by atoms with Crippen LogP contribution in [0.5, 0.6) is 5.75 Å². The Kier molecular flexibility index (Phi) is 4.12.